The van der Waals surface area contributed by atoms with E-state index >= 15 is 0 Å². The van der Waals surface area contributed by atoms with Gasteiger partial charge in [-0.25, -0.2) is 15.0 Å². The highest BCUT2D eigenvalue weighted by Crippen LogP contribution is 2.67. The molecule has 9 aromatic carbocycles. The zero-order valence-electron chi connectivity index (χ0n) is 43.3. The molecule has 0 bridgehead atoms. The standard InChI is InChI=1S/C73H52N4O/c1-72(2)59-24-10-6-22-55(59)57-44-48(35-38-60(57)72)70-74-69(46-18-4-3-5-19-46)75-71(76-70)51-41-49(45-32-36-52(37-33-45)77-65-28-14-16-30-67(65)78-68-31-17-15-29-66(68)77)40-50(42-51)47-34-39-64-58(43-47)56-23-9-13-27-63(56)73(64)61-25-11-7-20-53(61)54-21-8-12-26-62(54)73/h3-44,53-54,61-62H,1-2H3. The van der Waals surface area contributed by atoms with Crippen LogP contribution in [0.1, 0.15) is 36.1 Å². The van der Waals surface area contributed by atoms with Crippen molar-refractivity contribution in [2.24, 2.45) is 23.7 Å². The Morgan fingerprint density at radius 3 is 1.51 bits per heavy atom. The number of rotatable bonds is 6. The van der Waals surface area contributed by atoms with Gasteiger partial charge < -0.3 is 9.64 Å². The molecule has 0 N–H and O–H groups in total. The number of aromatic nitrogens is 3. The van der Waals surface area contributed by atoms with Crippen molar-refractivity contribution in [2.45, 2.75) is 24.7 Å². The van der Waals surface area contributed by atoms with Crippen LogP contribution in [-0.4, -0.2) is 15.0 Å². The molecule has 5 aliphatic carbocycles. The van der Waals surface area contributed by atoms with Crippen molar-refractivity contribution < 1.29 is 4.74 Å². The number of nitrogens with zero attached hydrogens (tertiary/aromatic N) is 4. The van der Waals surface area contributed by atoms with Crippen LogP contribution < -0.4 is 9.64 Å². The van der Waals surface area contributed by atoms with E-state index < -0.39 is 0 Å². The maximum Gasteiger partial charge on any atom is 0.164 e. The molecule has 6 aliphatic rings. The van der Waals surface area contributed by atoms with E-state index in [1.807, 2.05) is 42.5 Å². The number of anilines is 3. The highest BCUT2D eigenvalue weighted by atomic mass is 16.5. The van der Waals surface area contributed by atoms with Gasteiger partial charge in [-0.2, -0.15) is 0 Å². The Hall–Kier alpha value is -9.45. The van der Waals surface area contributed by atoms with E-state index in [2.05, 4.69) is 231 Å². The van der Waals surface area contributed by atoms with E-state index in [1.54, 1.807) is 0 Å². The van der Waals surface area contributed by atoms with E-state index in [4.69, 9.17) is 19.7 Å². The second-order valence-electron chi connectivity index (χ2n) is 22.2. The molecule has 78 heavy (non-hydrogen) atoms. The molecule has 1 spiro atoms. The Morgan fingerprint density at radius 1 is 0.359 bits per heavy atom. The molecule has 2 heterocycles. The van der Waals surface area contributed by atoms with E-state index in [0.717, 1.165) is 67.5 Å². The van der Waals surface area contributed by atoms with Crippen LogP contribution in [0.25, 0.3) is 78.7 Å². The van der Waals surface area contributed by atoms with Gasteiger partial charge in [0.2, 0.25) is 0 Å². The lowest BCUT2D eigenvalue weighted by molar-refractivity contribution is 0.371. The fourth-order valence-electron chi connectivity index (χ4n) is 14.5. The smallest absolute Gasteiger partial charge is 0.164 e. The van der Waals surface area contributed by atoms with E-state index in [-0.39, 0.29) is 10.8 Å². The molecule has 10 aromatic rings. The fraction of sp³-hybridized carbons (Fsp3) is 0.110. The molecule has 0 saturated heterocycles. The van der Waals surface area contributed by atoms with Crippen LogP contribution in [0.15, 0.2) is 255 Å². The summed E-state index contributed by atoms with van der Waals surface area (Å²) < 4.78 is 6.40. The fourth-order valence-corrected chi connectivity index (χ4v) is 14.5. The van der Waals surface area contributed by atoms with Gasteiger partial charge >= 0.3 is 0 Å². The molecule has 1 aliphatic heterocycles. The Labute approximate surface area is 455 Å². The van der Waals surface area contributed by atoms with Crippen molar-refractivity contribution in [2.75, 3.05) is 4.90 Å². The zero-order valence-corrected chi connectivity index (χ0v) is 43.3. The lowest BCUT2D eigenvalue weighted by atomic mass is 9.63. The molecule has 0 radical (unpaired) electrons. The Bertz CT molecular complexity index is 4180. The monoisotopic (exact) mass is 1000 g/mol. The van der Waals surface area contributed by atoms with Crippen molar-refractivity contribution in [1.82, 2.24) is 15.0 Å². The van der Waals surface area contributed by atoms with E-state index in [0.29, 0.717) is 41.1 Å². The minimum Gasteiger partial charge on any atom is -0.453 e. The SMILES string of the molecule is CC1(C)c2ccccc2-c2cc(-c3nc(-c4ccccc4)nc(-c4cc(-c5ccc(N6c7ccccc7Oc7ccccc76)cc5)cc(-c5ccc6c(c5)-c5ccccc5C65C6C=CC=CC6C6C=CC=CC65)c4)n3)ccc21. The topological polar surface area (TPSA) is 51.1 Å². The van der Waals surface area contributed by atoms with Gasteiger partial charge in [0.05, 0.1) is 11.4 Å². The second kappa shape index (κ2) is 17.0. The van der Waals surface area contributed by atoms with Gasteiger partial charge in [-0.15, -0.1) is 0 Å². The third kappa shape index (κ3) is 6.57. The van der Waals surface area contributed by atoms with Crippen molar-refractivity contribution in [3.05, 3.63) is 277 Å². The average Bonchev–Trinajstić information content (AvgIpc) is 4.04. The molecular weight excluding hydrogens is 949 g/mol. The largest absolute Gasteiger partial charge is 0.453 e. The van der Waals surface area contributed by atoms with Gasteiger partial charge in [-0.05, 0) is 157 Å². The summed E-state index contributed by atoms with van der Waals surface area (Å²) in [5.41, 5.74) is 20.5. The van der Waals surface area contributed by atoms with E-state index in [1.165, 1.54) is 44.5 Å². The van der Waals surface area contributed by atoms with Crippen LogP contribution in [-0.2, 0) is 10.8 Å². The summed E-state index contributed by atoms with van der Waals surface area (Å²) >= 11 is 0. The molecule has 4 atom stereocenters. The predicted octanol–water partition coefficient (Wildman–Crippen LogP) is 18.1. The van der Waals surface area contributed by atoms with Crippen molar-refractivity contribution in [1.29, 1.82) is 0 Å². The molecule has 0 amide bonds. The first-order chi connectivity index (χ1) is 38.4. The Kier molecular flexibility index (Phi) is 9.78. The maximum atomic E-state index is 6.40. The van der Waals surface area contributed by atoms with Crippen molar-refractivity contribution >= 4 is 17.1 Å². The molecule has 5 heteroatoms. The summed E-state index contributed by atoms with van der Waals surface area (Å²) in [4.78, 5) is 18.4. The molecule has 370 valence electrons. The minimum absolute atomic E-state index is 0.118. The molecular formula is C73H52N4O. The average molecular weight is 1000 g/mol. The Balaban J connectivity index is 0.880. The summed E-state index contributed by atoms with van der Waals surface area (Å²) in [6.07, 6.45) is 19.0. The van der Waals surface area contributed by atoms with Crippen molar-refractivity contribution in [3.63, 3.8) is 0 Å². The van der Waals surface area contributed by atoms with Crippen molar-refractivity contribution in [3.8, 4) is 90.2 Å². The van der Waals surface area contributed by atoms with Gasteiger partial charge in [-0.1, -0.05) is 202 Å². The first kappa shape index (κ1) is 44.8. The number of hydrogen-bond donors (Lipinski definition) is 0. The predicted molar refractivity (Wildman–Crippen MR) is 316 cm³/mol. The van der Waals surface area contributed by atoms with Crippen LogP contribution in [0.5, 0.6) is 11.5 Å². The molecule has 1 fully saturated rings. The number of para-hydroxylation sites is 4. The number of fused-ring (bicyclic) bond motifs is 15. The molecule has 4 unspecified atom stereocenters. The summed E-state index contributed by atoms with van der Waals surface area (Å²) in [6.45, 7) is 4.64. The lowest BCUT2D eigenvalue weighted by Gasteiger charge is -2.39. The molecule has 16 rings (SSSR count). The second-order valence-corrected chi connectivity index (χ2v) is 22.2. The lowest BCUT2D eigenvalue weighted by Crippen LogP contribution is -2.37. The molecule has 1 aromatic heterocycles. The zero-order chi connectivity index (χ0) is 51.7. The first-order valence-electron chi connectivity index (χ1n) is 27.3. The van der Waals surface area contributed by atoms with Crippen LogP contribution in [0.4, 0.5) is 17.1 Å². The highest BCUT2D eigenvalue weighted by Gasteiger charge is 2.62. The Morgan fingerprint density at radius 2 is 0.821 bits per heavy atom. The normalized spacial score (nSPS) is 20.7. The number of ether oxygens (including phenoxy) is 1. The number of benzene rings is 9. The summed E-state index contributed by atoms with van der Waals surface area (Å²) in [7, 11) is 0. The summed E-state index contributed by atoms with van der Waals surface area (Å²) in [5.74, 6) is 5.04. The maximum absolute atomic E-state index is 6.40. The highest BCUT2D eigenvalue weighted by molar-refractivity contribution is 5.91. The quantitative estimate of drug-likeness (QED) is 0.166. The summed E-state index contributed by atoms with van der Waals surface area (Å²) in [6, 6.07) is 74.7. The van der Waals surface area contributed by atoms with E-state index in [9.17, 15) is 0 Å². The number of hydrogen-bond acceptors (Lipinski definition) is 5. The van der Waals surface area contributed by atoms with Gasteiger partial charge in [0.15, 0.2) is 29.0 Å². The molecule has 1 saturated carbocycles. The summed E-state index contributed by atoms with van der Waals surface area (Å²) in [5, 5.41) is 0. The van der Waals surface area contributed by atoms with Crippen LogP contribution in [0, 0.1) is 23.7 Å². The third-order valence-electron chi connectivity index (χ3n) is 17.9. The van der Waals surface area contributed by atoms with Gasteiger partial charge in [0.1, 0.15) is 0 Å². The molecule has 5 nitrogen and oxygen atoms in total. The third-order valence-corrected chi connectivity index (χ3v) is 17.9. The van der Waals surface area contributed by atoms with Crippen LogP contribution >= 0.6 is 0 Å². The van der Waals surface area contributed by atoms with Crippen LogP contribution in [0.2, 0.25) is 0 Å². The van der Waals surface area contributed by atoms with Gasteiger partial charge in [0.25, 0.3) is 0 Å². The first-order valence-corrected chi connectivity index (χ1v) is 27.3. The van der Waals surface area contributed by atoms with Gasteiger partial charge in [-0.3, -0.25) is 0 Å². The van der Waals surface area contributed by atoms with Crippen LogP contribution in [0.3, 0.4) is 0 Å². The van der Waals surface area contributed by atoms with Gasteiger partial charge in [0, 0.05) is 33.2 Å². The number of allylic oxidation sites excluding steroid dienone is 8. The minimum atomic E-state index is -0.191.